The molecule has 0 bridgehead atoms. The molecule has 0 aromatic carbocycles. The standard InChI is InChI=1S/C18H23N3O2S2/c1-11(22)9-18(2,3)21-14(23)7-8-24-16-15-12-5-4-6-13(12)25-17(15)20-10-19-16/h10H,4-9H2,1-3H3,(H,21,23). The normalized spacial score (nSPS) is 13.9. The van der Waals surface area contributed by atoms with E-state index in [-0.39, 0.29) is 11.7 Å². The van der Waals surface area contributed by atoms with E-state index in [0.717, 1.165) is 22.7 Å². The Bertz CT molecular complexity index is 814. The highest BCUT2D eigenvalue weighted by atomic mass is 32.2. The van der Waals surface area contributed by atoms with Gasteiger partial charge in [-0.25, -0.2) is 9.97 Å². The Labute approximate surface area is 156 Å². The van der Waals surface area contributed by atoms with Gasteiger partial charge in [-0.3, -0.25) is 9.59 Å². The van der Waals surface area contributed by atoms with E-state index in [1.54, 1.807) is 36.3 Å². The highest BCUT2D eigenvalue weighted by Gasteiger charge is 2.23. The van der Waals surface area contributed by atoms with Crippen LogP contribution in [-0.2, 0) is 22.4 Å². The van der Waals surface area contributed by atoms with Gasteiger partial charge in [-0.2, -0.15) is 0 Å². The van der Waals surface area contributed by atoms with Gasteiger partial charge in [0.25, 0.3) is 0 Å². The van der Waals surface area contributed by atoms with Gasteiger partial charge in [0.1, 0.15) is 22.0 Å². The van der Waals surface area contributed by atoms with Crippen molar-refractivity contribution in [3.05, 3.63) is 16.8 Å². The van der Waals surface area contributed by atoms with Crippen LogP contribution in [0, 0.1) is 0 Å². The molecule has 0 spiro atoms. The smallest absolute Gasteiger partial charge is 0.221 e. The van der Waals surface area contributed by atoms with Crippen LogP contribution < -0.4 is 5.32 Å². The van der Waals surface area contributed by atoms with E-state index in [2.05, 4.69) is 15.3 Å². The van der Waals surface area contributed by atoms with Crippen molar-refractivity contribution >= 4 is 45.0 Å². The number of hydrogen-bond acceptors (Lipinski definition) is 6. The minimum absolute atomic E-state index is 0.0282. The Hall–Kier alpha value is -1.47. The Morgan fingerprint density at radius 3 is 2.88 bits per heavy atom. The van der Waals surface area contributed by atoms with Crippen LogP contribution in [0.5, 0.6) is 0 Å². The molecule has 2 heterocycles. The van der Waals surface area contributed by atoms with E-state index in [1.165, 1.54) is 22.2 Å². The van der Waals surface area contributed by atoms with Crippen molar-refractivity contribution in [2.75, 3.05) is 5.75 Å². The molecule has 5 nitrogen and oxygen atoms in total. The monoisotopic (exact) mass is 377 g/mol. The molecule has 25 heavy (non-hydrogen) atoms. The van der Waals surface area contributed by atoms with Gasteiger partial charge >= 0.3 is 0 Å². The summed E-state index contributed by atoms with van der Waals surface area (Å²) in [5.41, 5.74) is 0.916. The molecule has 0 radical (unpaired) electrons. The Morgan fingerprint density at radius 1 is 1.32 bits per heavy atom. The Morgan fingerprint density at radius 2 is 2.12 bits per heavy atom. The van der Waals surface area contributed by atoms with Crippen molar-refractivity contribution in [1.82, 2.24) is 15.3 Å². The maximum absolute atomic E-state index is 12.2. The van der Waals surface area contributed by atoms with Crippen LogP contribution in [0.4, 0.5) is 0 Å². The average Bonchev–Trinajstić information content (AvgIpc) is 3.05. The predicted octanol–water partition coefficient (Wildman–Crippen LogP) is 3.54. The van der Waals surface area contributed by atoms with Gasteiger partial charge in [-0.1, -0.05) is 0 Å². The summed E-state index contributed by atoms with van der Waals surface area (Å²) in [4.78, 5) is 34.8. The number of amides is 1. The molecule has 1 amide bonds. The second kappa shape index (κ2) is 7.41. The zero-order valence-electron chi connectivity index (χ0n) is 14.8. The quantitative estimate of drug-likeness (QED) is 0.590. The summed E-state index contributed by atoms with van der Waals surface area (Å²) < 4.78 is 0. The molecule has 2 aromatic rings. The number of thiophene rings is 1. The summed E-state index contributed by atoms with van der Waals surface area (Å²) in [5, 5.41) is 5.13. The van der Waals surface area contributed by atoms with Gasteiger partial charge < -0.3 is 5.32 Å². The summed E-state index contributed by atoms with van der Waals surface area (Å²) in [6, 6.07) is 0. The van der Waals surface area contributed by atoms with Gasteiger partial charge in [0, 0.05) is 34.4 Å². The first-order valence-electron chi connectivity index (χ1n) is 8.54. The van der Waals surface area contributed by atoms with E-state index < -0.39 is 5.54 Å². The molecule has 7 heteroatoms. The third-order valence-corrected chi connectivity index (χ3v) is 6.39. The highest BCUT2D eigenvalue weighted by Crippen LogP contribution is 2.40. The number of aryl methyl sites for hydroxylation is 2. The SMILES string of the molecule is CC(=O)CC(C)(C)NC(=O)CCSc1ncnc2sc3c(c12)CCC3. The number of nitrogens with one attached hydrogen (secondary N) is 1. The van der Waals surface area contributed by atoms with E-state index in [4.69, 9.17) is 0 Å². The molecule has 0 atom stereocenters. The fourth-order valence-electron chi connectivity index (χ4n) is 3.36. The molecule has 0 unspecified atom stereocenters. The van der Waals surface area contributed by atoms with Crippen LogP contribution >= 0.6 is 23.1 Å². The van der Waals surface area contributed by atoms with Crippen LogP contribution in [0.1, 0.15) is 50.5 Å². The summed E-state index contributed by atoms with van der Waals surface area (Å²) >= 11 is 3.39. The number of nitrogens with zero attached hydrogens (tertiary/aromatic N) is 2. The first-order valence-corrected chi connectivity index (χ1v) is 10.3. The first-order chi connectivity index (χ1) is 11.9. The molecule has 134 valence electrons. The third-order valence-electron chi connectivity index (χ3n) is 4.20. The molecule has 1 N–H and O–H groups in total. The lowest BCUT2D eigenvalue weighted by atomic mass is 9.98. The Kier molecular flexibility index (Phi) is 5.43. The summed E-state index contributed by atoms with van der Waals surface area (Å²) in [5.74, 6) is 0.715. The lowest BCUT2D eigenvalue weighted by Gasteiger charge is -2.25. The van der Waals surface area contributed by atoms with Crippen molar-refractivity contribution in [3.8, 4) is 0 Å². The van der Waals surface area contributed by atoms with Gasteiger partial charge in [0.05, 0.1) is 0 Å². The largest absolute Gasteiger partial charge is 0.351 e. The maximum atomic E-state index is 12.2. The van der Waals surface area contributed by atoms with E-state index in [0.29, 0.717) is 18.6 Å². The van der Waals surface area contributed by atoms with E-state index in [1.807, 2.05) is 13.8 Å². The van der Waals surface area contributed by atoms with Gasteiger partial charge in [0.2, 0.25) is 5.91 Å². The van der Waals surface area contributed by atoms with Crippen LogP contribution in [0.25, 0.3) is 10.2 Å². The fourth-order valence-corrected chi connectivity index (χ4v) is 5.62. The minimum Gasteiger partial charge on any atom is -0.351 e. The molecule has 0 saturated carbocycles. The number of Topliss-reactive ketones (excluding diaryl/α,β-unsaturated/α-hetero) is 1. The number of hydrogen-bond donors (Lipinski definition) is 1. The molecule has 1 aliphatic carbocycles. The van der Waals surface area contributed by atoms with Crippen LogP contribution in [-0.4, -0.2) is 33.0 Å². The van der Waals surface area contributed by atoms with Crippen LogP contribution in [0.3, 0.4) is 0 Å². The lowest BCUT2D eigenvalue weighted by Crippen LogP contribution is -2.44. The summed E-state index contributed by atoms with van der Waals surface area (Å²) in [6.45, 7) is 5.30. The van der Waals surface area contributed by atoms with Crippen molar-refractivity contribution in [1.29, 1.82) is 0 Å². The van der Waals surface area contributed by atoms with Crippen LogP contribution in [0.2, 0.25) is 0 Å². The molecule has 1 aliphatic rings. The number of rotatable bonds is 7. The van der Waals surface area contributed by atoms with E-state index in [9.17, 15) is 9.59 Å². The molecule has 2 aromatic heterocycles. The summed E-state index contributed by atoms with van der Waals surface area (Å²) in [7, 11) is 0. The average molecular weight is 378 g/mol. The van der Waals surface area contributed by atoms with Crippen molar-refractivity contribution < 1.29 is 9.59 Å². The van der Waals surface area contributed by atoms with Crippen LogP contribution in [0.15, 0.2) is 11.4 Å². The molecular weight excluding hydrogens is 354 g/mol. The number of ketones is 1. The topological polar surface area (TPSA) is 72.0 Å². The fraction of sp³-hybridized carbons (Fsp3) is 0.556. The first kappa shape index (κ1) is 18.3. The molecule has 0 aliphatic heterocycles. The Balaban J connectivity index is 1.60. The zero-order valence-corrected chi connectivity index (χ0v) is 16.5. The second-order valence-corrected chi connectivity index (χ2v) is 9.29. The third kappa shape index (κ3) is 4.39. The van der Waals surface area contributed by atoms with Crippen molar-refractivity contribution in [3.63, 3.8) is 0 Å². The molecule has 3 rings (SSSR count). The van der Waals surface area contributed by atoms with Gasteiger partial charge in [0.15, 0.2) is 0 Å². The molecule has 0 fully saturated rings. The maximum Gasteiger partial charge on any atom is 0.221 e. The van der Waals surface area contributed by atoms with Gasteiger partial charge in [-0.15, -0.1) is 23.1 Å². The van der Waals surface area contributed by atoms with Gasteiger partial charge in [-0.05, 0) is 45.6 Å². The van der Waals surface area contributed by atoms with Crippen molar-refractivity contribution in [2.45, 2.75) is 63.4 Å². The number of carbonyl (C=O) groups is 2. The second-order valence-electron chi connectivity index (χ2n) is 7.13. The number of thioether (sulfide) groups is 1. The lowest BCUT2D eigenvalue weighted by molar-refractivity contribution is -0.123. The highest BCUT2D eigenvalue weighted by molar-refractivity contribution is 7.99. The minimum atomic E-state index is -0.496. The number of carbonyl (C=O) groups excluding carboxylic acids is 2. The van der Waals surface area contributed by atoms with Crippen molar-refractivity contribution in [2.24, 2.45) is 0 Å². The zero-order chi connectivity index (χ0) is 18.0. The molecular formula is C18H23N3O2S2. The summed E-state index contributed by atoms with van der Waals surface area (Å²) in [6.07, 6.45) is 5.84. The molecule has 0 saturated heterocycles. The number of fused-ring (bicyclic) bond motifs is 3. The predicted molar refractivity (Wildman–Crippen MR) is 102 cm³/mol. The van der Waals surface area contributed by atoms with E-state index >= 15 is 0 Å². The number of aromatic nitrogens is 2.